The van der Waals surface area contributed by atoms with Crippen LogP contribution < -0.4 is 0 Å². The SMILES string of the molecule is C[C@@]12C(=CC(=O)CC13OC(=O)CCC(=O)O3)CC[C@@H]1[C@@H]2[C@@H](O)C[C@@]2(C)[C@H]1CC[C@]2(O)C(=O)CO. The predicted molar refractivity (Wildman–Crippen MR) is 115 cm³/mol. The number of aliphatic hydroxyl groups is 3. The average molecular weight is 477 g/mol. The predicted octanol–water partition coefficient (Wildman–Crippen LogP) is 0.968. The van der Waals surface area contributed by atoms with E-state index in [1.807, 2.05) is 0 Å². The first-order chi connectivity index (χ1) is 15.9. The highest BCUT2D eigenvalue weighted by Crippen LogP contribution is 2.69. The van der Waals surface area contributed by atoms with Crippen molar-refractivity contribution in [2.24, 2.45) is 28.6 Å². The molecule has 5 aliphatic rings. The Morgan fingerprint density at radius 2 is 1.74 bits per heavy atom. The fraction of sp³-hybridized carbons (Fsp3) is 0.760. The van der Waals surface area contributed by atoms with E-state index in [1.54, 1.807) is 13.8 Å². The molecule has 3 saturated carbocycles. The van der Waals surface area contributed by atoms with Crippen molar-refractivity contribution in [2.75, 3.05) is 6.61 Å². The summed E-state index contributed by atoms with van der Waals surface area (Å²) in [6, 6.07) is 0. The van der Waals surface area contributed by atoms with Crippen LogP contribution >= 0.6 is 0 Å². The quantitative estimate of drug-likeness (QED) is 0.496. The number of esters is 2. The van der Waals surface area contributed by atoms with E-state index in [0.29, 0.717) is 24.8 Å². The number of hydrogen-bond donors (Lipinski definition) is 3. The van der Waals surface area contributed by atoms with E-state index in [0.717, 1.165) is 0 Å². The lowest BCUT2D eigenvalue weighted by Crippen LogP contribution is -2.68. The summed E-state index contributed by atoms with van der Waals surface area (Å²) in [5, 5.41) is 32.5. The first kappa shape index (κ1) is 23.6. The zero-order valence-corrected chi connectivity index (χ0v) is 19.5. The van der Waals surface area contributed by atoms with E-state index in [1.165, 1.54) is 6.08 Å². The molecule has 1 aliphatic heterocycles. The molecule has 0 aromatic heterocycles. The standard InChI is InChI=1S/C25H32O9/c1-22-11-17(28)21-15(16(22)7-8-24(22,32)18(29)12-26)4-3-13-9-14(27)10-25(23(13,21)2)33-19(30)5-6-20(31)34-25/h9,15-17,21,26,28,32H,3-8,10-12H2,1-2H3/t15-,16-,17-,21+,22-,23-,24-/m0/s1. The van der Waals surface area contributed by atoms with Crippen molar-refractivity contribution in [1.82, 2.24) is 0 Å². The molecule has 186 valence electrons. The van der Waals surface area contributed by atoms with Crippen LogP contribution in [0, 0.1) is 28.6 Å². The topological polar surface area (TPSA) is 147 Å². The smallest absolute Gasteiger partial charge is 0.309 e. The van der Waals surface area contributed by atoms with Gasteiger partial charge in [-0.3, -0.25) is 19.2 Å². The van der Waals surface area contributed by atoms with Gasteiger partial charge in [-0.25, -0.2) is 0 Å². The molecule has 0 aromatic rings. The second kappa shape index (κ2) is 7.45. The van der Waals surface area contributed by atoms with E-state index in [9.17, 15) is 34.5 Å². The maximum Gasteiger partial charge on any atom is 0.309 e. The molecule has 0 unspecified atom stereocenters. The summed E-state index contributed by atoms with van der Waals surface area (Å²) in [5.41, 5.74) is -3.13. The Morgan fingerprint density at radius 1 is 1.09 bits per heavy atom. The van der Waals surface area contributed by atoms with Gasteiger partial charge in [-0.1, -0.05) is 12.5 Å². The summed E-state index contributed by atoms with van der Waals surface area (Å²) in [6.07, 6.45) is 1.82. The fourth-order valence-corrected chi connectivity index (χ4v) is 8.32. The number of ketones is 2. The van der Waals surface area contributed by atoms with Crippen LogP contribution in [0.5, 0.6) is 0 Å². The number of Topliss-reactive ketones (excluding diaryl/α,β-unsaturated/α-hetero) is 1. The van der Waals surface area contributed by atoms with Crippen LogP contribution in [0.15, 0.2) is 11.6 Å². The molecule has 5 rings (SSSR count). The maximum absolute atomic E-state index is 12.7. The van der Waals surface area contributed by atoms with Gasteiger partial charge in [0.05, 0.1) is 30.8 Å². The molecule has 1 spiro atoms. The van der Waals surface area contributed by atoms with Crippen LogP contribution in [0.4, 0.5) is 0 Å². The van der Waals surface area contributed by atoms with Gasteiger partial charge in [0, 0.05) is 11.3 Å². The summed E-state index contributed by atoms with van der Waals surface area (Å²) in [6.45, 7) is 2.84. The molecule has 34 heavy (non-hydrogen) atoms. The van der Waals surface area contributed by atoms with Crippen LogP contribution in [-0.2, 0) is 28.7 Å². The maximum atomic E-state index is 12.7. The number of hydrogen-bond acceptors (Lipinski definition) is 9. The molecule has 7 atom stereocenters. The summed E-state index contributed by atoms with van der Waals surface area (Å²) in [4.78, 5) is 50.4. The average Bonchev–Trinajstić information content (AvgIpc) is 2.93. The highest BCUT2D eigenvalue weighted by molar-refractivity contribution is 5.94. The van der Waals surface area contributed by atoms with Crippen molar-refractivity contribution in [3.05, 3.63) is 11.6 Å². The lowest BCUT2D eigenvalue weighted by atomic mass is 9.44. The Bertz CT molecular complexity index is 982. The summed E-state index contributed by atoms with van der Waals surface area (Å²) < 4.78 is 11.6. The van der Waals surface area contributed by atoms with Crippen LogP contribution in [0.2, 0.25) is 0 Å². The van der Waals surface area contributed by atoms with Gasteiger partial charge in [0.1, 0.15) is 12.2 Å². The third kappa shape index (κ3) is 2.83. The van der Waals surface area contributed by atoms with Gasteiger partial charge in [-0.2, -0.15) is 0 Å². The van der Waals surface area contributed by atoms with Crippen molar-refractivity contribution >= 4 is 23.5 Å². The van der Waals surface area contributed by atoms with E-state index in [2.05, 4.69) is 0 Å². The Hall–Kier alpha value is -2.10. The molecule has 1 heterocycles. The van der Waals surface area contributed by atoms with E-state index >= 15 is 0 Å². The first-order valence-electron chi connectivity index (χ1n) is 12.1. The lowest BCUT2D eigenvalue weighted by molar-refractivity contribution is -0.292. The van der Waals surface area contributed by atoms with Crippen molar-refractivity contribution in [3.8, 4) is 0 Å². The molecule has 4 fully saturated rings. The van der Waals surface area contributed by atoms with E-state index in [-0.39, 0.29) is 49.7 Å². The molecular formula is C25H32O9. The number of carbonyl (C=O) groups is 4. The lowest BCUT2D eigenvalue weighted by Gasteiger charge is -2.63. The second-order valence-corrected chi connectivity index (χ2v) is 11.2. The molecule has 0 radical (unpaired) electrons. The number of rotatable bonds is 2. The van der Waals surface area contributed by atoms with Crippen molar-refractivity contribution in [1.29, 1.82) is 0 Å². The van der Waals surface area contributed by atoms with Crippen LogP contribution in [0.25, 0.3) is 0 Å². The second-order valence-electron chi connectivity index (χ2n) is 11.2. The highest BCUT2D eigenvalue weighted by Gasteiger charge is 2.73. The minimum Gasteiger partial charge on any atom is -0.421 e. The molecule has 0 amide bonds. The normalized spacial score (nSPS) is 45.3. The van der Waals surface area contributed by atoms with E-state index in [4.69, 9.17) is 9.47 Å². The Balaban J connectivity index is 1.63. The molecule has 3 N–H and O–H groups in total. The molecule has 0 bridgehead atoms. The van der Waals surface area contributed by atoms with Crippen LogP contribution in [0.1, 0.15) is 65.2 Å². The minimum atomic E-state index is -1.84. The zero-order chi connectivity index (χ0) is 24.7. The molecule has 0 aromatic carbocycles. The summed E-state index contributed by atoms with van der Waals surface area (Å²) in [5.74, 6) is -4.88. The molecular weight excluding hydrogens is 444 g/mol. The minimum absolute atomic E-state index is 0.0931. The van der Waals surface area contributed by atoms with Crippen molar-refractivity contribution in [2.45, 2.75) is 82.7 Å². The molecule has 9 nitrogen and oxygen atoms in total. The van der Waals surface area contributed by atoms with Gasteiger partial charge in [0.2, 0.25) is 0 Å². The number of ether oxygens (including phenoxy) is 2. The van der Waals surface area contributed by atoms with Gasteiger partial charge in [0.25, 0.3) is 5.79 Å². The van der Waals surface area contributed by atoms with Crippen molar-refractivity contribution < 1.29 is 44.0 Å². The Kier molecular flexibility index (Phi) is 5.18. The highest BCUT2D eigenvalue weighted by atomic mass is 16.7. The van der Waals surface area contributed by atoms with Crippen molar-refractivity contribution in [3.63, 3.8) is 0 Å². The fourth-order valence-electron chi connectivity index (χ4n) is 8.32. The molecule has 4 aliphatic carbocycles. The number of aliphatic hydroxyl groups excluding tert-OH is 2. The molecule has 9 heteroatoms. The third-order valence-corrected chi connectivity index (χ3v) is 9.92. The monoisotopic (exact) mass is 476 g/mol. The first-order valence-corrected chi connectivity index (χ1v) is 12.1. The van der Waals surface area contributed by atoms with Gasteiger partial charge in [-0.15, -0.1) is 0 Å². The Morgan fingerprint density at radius 3 is 2.35 bits per heavy atom. The third-order valence-electron chi connectivity index (χ3n) is 9.92. The summed E-state index contributed by atoms with van der Waals surface area (Å²) >= 11 is 0. The van der Waals surface area contributed by atoms with Gasteiger partial charge >= 0.3 is 11.9 Å². The molecule has 1 saturated heterocycles. The van der Waals surface area contributed by atoms with Crippen LogP contribution in [0.3, 0.4) is 0 Å². The largest absolute Gasteiger partial charge is 0.421 e. The Labute approximate surface area is 197 Å². The number of fused-ring (bicyclic) bond motifs is 6. The van der Waals surface area contributed by atoms with Gasteiger partial charge in [-0.05, 0) is 56.9 Å². The number of carbonyl (C=O) groups excluding carboxylic acids is 4. The summed E-state index contributed by atoms with van der Waals surface area (Å²) in [7, 11) is 0. The van der Waals surface area contributed by atoms with E-state index < -0.39 is 58.6 Å². The van der Waals surface area contributed by atoms with Gasteiger partial charge in [0.15, 0.2) is 11.6 Å². The van der Waals surface area contributed by atoms with Crippen LogP contribution in [-0.4, -0.2) is 62.9 Å². The zero-order valence-electron chi connectivity index (χ0n) is 19.5. The van der Waals surface area contributed by atoms with Gasteiger partial charge < -0.3 is 24.8 Å².